The second-order valence-corrected chi connectivity index (χ2v) is 6.76. The maximum atomic E-state index is 12.3. The SMILES string of the molecule is Cc1ccc(NC(=O)COc2ccc(/C=C(/C#N)C(=O)Nc3ccccc3)cc2)cc1. The van der Waals surface area contributed by atoms with Gasteiger partial charge in [0.2, 0.25) is 0 Å². The Hall–Kier alpha value is -4.37. The van der Waals surface area contributed by atoms with Gasteiger partial charge in [-0.3, -0.25) is 9.59 Å². The lowest BCUT2D eigenvalue weighted by atomic mass is 10.1. The maximum absolute atomic E-state index is 12.3. The summed E-state index contributed by atoms with van der Waals surface area (Å²) in [5, 5.41) is 14.8. The van der Waals surface area contributed by atoms with E-state index < -0.39 is 5.91 Å². The molecule has 6 heteroatoms. The van der Waals surface area contributed by atoms with E-state index in [9.17, 15) is 14.9 Å². The molecule has 0 aromatic heterocycles. The lowest BCUT2D eigenvalue weighted by Gasteiger charge is -2.08. The first-order valence-corrected chi connectivity index (χ1v) is 9.61. The van der Waals surface area contributed by atoms with Crippen LogP contribution in [0.1, 0.15) is 11.1 Å². The number of carbonyl (C=O) groups excluding carboxylic acids is 2. The first kappa shape index (κ1) is 21.3. The van der Waals surface area contributed by atoms with Gasteiger partial charge in [-0.25, -0.2) is 0 Å². The molecule has 3 aromatic rings. The van der Waals surface area contributed by atoms with Crippen LogP contribution in [0, 0.1) is 18.3 Å². The molecule has 0 unspecified atom stereocenters. The number of rotatable bonds is 7. The van der Waals surface area contributed by atoms with Crippen molar-refractivity contribution in [3.63, 3.8) is 0 Å². The van der Waals surface area contributed by atoms with Crippen molar-refractivity contribution >= 4 is 29.3 Å². The molecule has 0 radical (unpaired) electrons. The molecule has 0 aliphatic rings. The van der Waals surface area contributed by atoms with Crippen molar-refractivity contribution < 1.29 is 14.3 Å². The fourth-order valence-electron chi connectivity index (χ4n) is 2.68. The molecule has 3 rings (SSSR count). The standard InChI is InChI=1S/C25H21N3O3/c1-18-7-11-22(12-8-18)27-24(29)17-31-23-13-9-19(10-14-23)15-20(16-26)25(30)28-21-5-3-2-4-6-21/h2-15H,17H2,1H3,(H,27,29)(H,28,30)/b20-15-. The van der Waals surface area contributed by atoms with Crippen LogP contribution in [0.3, 0.4) is 0 Å². The fraction of sp³-hybridized carbons (Fsp3) is 0.0800. The smallest absolute Gasteiger partial charge is 0.266 e. The molecule has 0 atom stereocenters. The number of anilines is 2. The number of nitrogens with zero attached hydrogens (tertiary/aromatic N) is 1. The molecule has 0 aliphatic heterocycles. The average molecular weight is 411 g/mol. The second-order valence-electron chi connectivity index (χ2n) is 6.76. The van der Waals surface area contributed by atoms with Gasteiger partial charge in [-0.1, -0.05) is 48.0 Å². The summed E-state index contributed by atoms with van der Waals surface area (Å²) < 4.78 is 5.50. The molecule has 0 fully saturated rings. The fourth-order valence-corrected chi connectivity index (χ4v) is 2.68. The van der Waals surface area contributed by atoms with E-state index in [4.69, 9.17) is 4.74 Å². The van der Waals surface area contributed by atoms with Crippen LogP contribution in [0.5, 0.6) is 5.75 Å². The first-order chi connectivity index (χ1) is 15.0. The van der Waals surface area contributed by atoms with Crippen LogP contribution < -0.4 is 15.4 Å². The third-order valence-corrected chi connectivity index (χ3v) is 4.29. The number of hydrogen-bond acceptors (Lipinski definition) is 4. The summed E-state index contributed by atoms with van der Waals surface area (Å²) in [4.78, 5) is 24.3. The Kier molecular flexibility index (Phi) is 7.17. The molecule has 0 bridgehead atoms. The molecule has 0 heterocycles. The number of carbonyl (C=O) groups is 2. The minimum absolute atomic E-state index is 0.0185. The highest BCUT2D eigenvalue weighted by Crippen LogP contribution is 2.16. The number of aryl methyl sites for hydroxylation is 1. The molecule has 6 nitrogen and oxygen atoms in total. The van der Waals surface area contributed by atoms with Crippen LogP contribution in [0.2, 0.25) is 0 Å². The van der Waals surface area contributed by atoms with Gasteiger partial charge in [-0.2, -0.15) is 5.26 Å². The van der Waals surface area contributed by atoms with Gasteiger partial charge >= 0.3 is 0 Å². The average Bonchev–Trinajstić information content (AvgIpc) is 2.79. The Labute approximate surface area is 180 Å². The number of hydrogen-bond donors (Lipinski definition) is 2. The lowest BCUT2D eigenvalue weighted by Crippen LogP contribution is -2.20. The summed E-state index contributed by atoms with van der Waals surface area (Å²) >= 11 is 0. The van der Waals surface area contributed by atoms with Crippen molar-refractivity contribution in [2.24, 2.45) is 0 Å². The van der Waals surface area contributed by atoms with Crippen LogP contribution in [0.15, 0.2) is 84.4 Å². The molecule has 0 spiro atoms. The summed E-state index contributed by atoms with van der Waals surface area (Å²) in [6.45, 7) is 1.84. The van der Waals surface area contributed by atoms with Crippen LogP contribution in [-0.2, 0) is 9.59 Å². The number of nitriles is 1. The first-order valence-electron chi connectivity index (χ1n) is 9.61. The van der Waals surface area contributed by atoms with E-state index in [2.05, 4.69) is 10.6 Å². The molecular weight excluding hydrogens is 390 g/mol. The summed E-state index contributed by atoms with van der Waals surface area (Å²) in [6, 6.07) is 25.1. The zero-order valence-corrected chi connectivity index (χ0v) is 17.0. The molecule has 2 amide bonds. The van der Waals surface area contributed by atoms with E-state index in [1.54, 1.807) is 48.5 Å². The van der Waals surface area contributed by atoms with Gasteiger partial charge in [-0.05, 0) is 55.0 Å². The molecular formula is C25H21N3O3. The van der Waals surface area contributed by atoms with Crippen LogP contribution in [0.4, 0.5) is 11.4 Å². The van der Waals surface area contributed by atoms with E-state index in [0.29, 0.717) is 22.7 Å². The molecule has 0 saturated carbocycles. The molecule has 2 N–H and O–H groups in total. The maximum Gasteiger partial charge on any atom is 0.266 e. The van der Waals surface area contributed by atoms with Crippen LogP contribution in [0.25, 0.3) is 6.08 Å². The molecule has 3 aromatic carbocycles. The Balaban J connectivity index is 1.56. The Bertz CT molecular complexity index is 1110. The van der Waals surface area contributed by atoms with Gasteiger partial charge in [0.05, 0.1) is 0 Å². The summed E-state index contributed by atoms with van der Waals surface area (Å²) in [5.74, 6) is -0.248. The van der Waals surface area contributed by atoms with E-state index in [1.807, 2.05) is 43.3 Å². The van der Waals surface area contributed by atoms with Gasteiger partial charge in [0.25, 0.3) is 11.8 Å². The number of nitrogens with one attached hydrogen (secondary N) is 2. The Morgan fingerprint density at radius 2 is 1.55 bits per heavy atom. The third-order valence-electron chi connectivity index (χ3n) is 4.29. The Morgan fingerprint density at radius 3 is 2.19 bits per heavy atom. The van der Waals surface area contributed by atoms with Gasteiger partial charge in [0.1, 0.15) is 17.4 Å². The summed E-state index contributed by atoms with van der Waals surface area (Å²) in [6.07, 6.45) is 1.49. The largest absolute Gasteiger partial charge is 0.484 e. The monoisotopic (exact) mass is 411 g/mol. The van der Waals surface area contributed by atoms with E-state index in [1.165, 1.54) is 6.08 Å². The predicted molar refractivity (Wildman–Crippen MR) is 120 cm³/mol. The van der Waals surface area contributed by atoms with Crippen LogP contribution in [-0.4, -0.2) is 18.4 Å². The van der Waals surface area contributed by atoms with E-state index in [-0.39, 0.29) is 18.1 Å². The third kappa shape index (κ3) is 6.58. The highest BCUT2D eigenvalue weighted by Gasteiger charge is 2.09. The second kappa shape index (κ2) is 10.4. The van der Waals surface area contributed by atoms with Crippen molar-refractivity contribution in [3.8, 4) is 11.8 Å². The Morgan fingerprint density at radius 1 is 0.903 bits per heavy atom. The topological polar surface area (TPSA) is 91.2 Å². The molecule has 0 aliphatic carbocycles. The van der Waals surface area contributed by atoms with Crippen LogP contribution >= 0.6 is 0 Å². The minimum Gasteiger partial charge on any atom is -0.484 e. The highest BCUT2D eigenvalue weighted by molar-refractivity contribution is 6.09. The number of benzene rings is 3. The number of amides is 2. The predicted octanol–water partition coefficient (Wildman–Crippen LogP) is 4.56. The molecule has 0 saturated heterocycles. The zero-order valence-electron chi connectivity index (χ0n) is 17.0. The van der Waals surface area contributed by atoms with Crippen molar-refractivity contribution in [1.29, 1.82) is 5.26 Å². The van der Waals surface area contributed by atoms with E-state index in [0.717, 1.165) is 5.56 Å². The zero-order chi connectivity index (χ0) is 22.1. The van der Waals surface area contributed by atoms with Crippen molar-refractivity contribution in [3.05, 3.63) is 95.6 Å². The highest BCUT2D eigenvalue weighted by atomic mass is 16.5. The summed E-state index contributed by atoms with van der Waals surface area (Å²) in [5.41, 5.74) is 3.07. The molecule has 31 heavy (non-hydrogen) atoms. The van der Waals surface area contributed by atoms with Crippen molar-refractivity contribution in [2.75, 3.05) is 17.2 Å². The number of para-hydroxylation sites is 1. The minimum atomic E-state index is -0.484. The van der Waals surface area contributed by atoms with Crippen molar-refractivity contribution in [1.82, 2.24) is 0 Å². The summed E-state index contributed by atoms with van der Waals surface area (Å²) in [7, 11) is 0. The normalized spacial score (nSPS) is 10.6. The van der Waals surface area contributed by atoms with Gasteiger partial charge < -0.3 is 15.4 Å². The molecule has 154 valence electrons. The van der Waals surface area contributed by atoms with Gasteiger partial charge in [-0.15, -0.1) is 0 Å². The number of ether oxygens (including phenoxy) is 1. The van der Waals surface area contributed by atoms with Gasteiger partial charge in [0.15, 0.2) is 6.61 Å². The van der Waals surface area contributed by atoms with Crippen molar-refractivity contribution in [2.45, 2.75) is 6.92 Å². The quantitative estimate of drug-likeness (QED) is 0.440. The lowest BCUT2D eigenvalue weighted by molar-refractivity contribution is -0.118. The van der Waals surface area contributed by atoms with E-state index >= 15 is 0 Å². The van der Waals surface area contributed by atoms with Gasteiger partial charge in [0, 0.05) is 11.4 Å².